The molecule has 1 aromatic rings. The minimum absolute atomic E-state index is 0.250. The summed E-state index contributed by atoms with van der Waals surface area (Å²) >= 11 is 9.30. The Morgan fingerprint density at radius 3 is 2.64 bits per heavy atom. The highest BCUT2D eigenvalue weighted by Crippen LogP contribution is 2.16. The van der Waals surface area contributed by atoms with E-state index in [0.29, 0.717) is 5.92 Å². The number of alkyl halides is 1. The van der Waals surface area contributed by atoms with Gasteiger partial charge in [-0.15, -0.1) is 11.6 Å². The molecule has 0 fully saturated rings. The number of aromatic nitrogens is 1. The highest BCUT2D eigenvalue weighted by Gasteiger charge is 2.07. The largest absolute Gasteiger partial charge is 0.260 e. The Bertz CT molecular complexity index is 271. The van der Waals surface area contributed by atoms with Crippen LogP contribution < -0.4 is 0 Å². The lowest BCUT2D eigenvalue weighted by Gasteiger charge is -2.11. The number of halogens is 2. The van der Waals surface area contributed by atoms with E-state index in [4.69, 9.17) is 11.6 Å². The molecule has 0 aliphatic rings. The lowest BCUT2D eigenvalue weighted by molar-refractivity contribution is 0.520. The third-order valence-corrected chi connectivity index (χ3v) is 2.72. The minimum atomic E-state index is 0.250. The molecule has 0 N–H and O–H groups in total. The van der Waals surface area contributed by atoms with Crippen molar-refractivity contribution < 1.29 is 0 Å². The smallest absolute Gasteiger partial charge is 0.0413 e. The summed E-state index contributed by atoms with van der Waals surface area (Å²) in [6.45, 7) is 4.25. The molecule has 0 aromatic carbocycles. The van der Waals surface area contributed by atoms with E-state index in [-0.39, 0.29) is 5.38 Å². The van der Waals surface area contributed by atoms with Gasteiger partial charge in [-0.05, 0) is 53.7 Å². The van der Waals surface area contributed by atoms with Crippen molar-refractivity contribution in [2.75, 3.05) is 0 Å². The fourth-order valence-corrected chi connectivity index (χ4v) is 2.06. The summed E-state index contributed by atoms with van der Waals surface area (Å²) in [5.41, 5.74) is 1.14. The summed E-state index contributed by atoms with van der Waals surface area (Å²) in [6, 6.07) is 4.08. The Morgan fingerprint density at radius 2 is 2.14 bits per heavy atom. The van der Waals surface area contributed by atoms with Crippen LogP contribution in [0.15, 0.2) is 22.8 Å². The van der Waals surface area contributed by atoms with Crippen molar-refractivity contribution in [3.05, 3.63) is 28.5 Å². The molecular weight excluding hydrogens is 261 g/mol. The fraction of sp³-hybridized carbons (Fsp3) is 0.545. The van der Waals surface area contributed by atoms with Gasteiger partial charge in [0.15, 0.2) is 0 Å². The van der Waals surface area contributed by atoms with Gasteiger partial charge < -0.3 is 0 Å². The first-order chi connectivity index (χ1) is 6.58. The van der Waals surface area contributed by atoms with Crippen LogP contribution in [0, 0.1) is 5.92 Å². The molecule has 14 heavy (non-hydrogen) atoms. The van der Waals surface area contributed by atoms with Crippen LogP contribution in [0.3, 0.4) is 0 Å². The van der Waals surface area contributed by atoms with Crippen molar-refractivity contribution in [2.24, 2.45) is 5.92 Å². The molecule has 2 unspecified atom stereocenters. The first-order valence-corrected chi connectivity index (χ1v) is 6.05. The third-order valence-electron chi connectivity index (χ3n) is 2.07. The van der Waals surface area contributed by atoms with E-state index in [1.165, 1.54) is 0 Å². The van der Waals surface area contributed by atoms with Crippen LogP contribution >= 0.6 is 27.5 Å². The Labute approximate surface area is 99.0 Å². The van der Waals surface area contributed by atoms with Gasteiger partial charge in [-0.2, -0.15) is 0 Å². The van der Waals surface area contributed by atoms with Crippen molar-refractivity contribution in [3.8, 4) is 0 Å². The Hall–Kier alpha value is -0.0800. The first kappa shape index (κ1) is 12.0. The topological polar surface area (TPSA) is 12.9 Å². The predicted molar refractivity (Wildman–Crippen MR) is 64.7 cm³/mol. The Balaban J connectivity index is 2.47. The molecule has 0 bridgehead atoms. The van der Waals surface area contributed by atoms with Gasteiger partial charge in [0.2, 0.25) is 0 Å². The molecule has 0 saturated carbocycles. The van der Waals surface area contributed by atoms with Gasteiger partial charge in [0.05, 0.1) is 0 Å². The molecule has 78 valence electrons. The van der Waals surface area contributed by atoms with Crippen LogP contribution in [0.25, 0.3) is 0 Å². The van der Waals surface area contributed by atoms with Crippen molar-refractivity contribution >= 4 is 27.5 Å². The maximum absolute atomic E-state index is 5.94. The Morgan fingerprint density at radius 1 is 1.43 bits per heavy atom. The second-order valence-corrected chi connectivity index (χ2v) is 5.45. The van der Waals surface area contributed by atoms with Crippen LogP contribution in [0.1, 0.15) is 26.0 Å². The van der Waals surface area contributed by atoms with E-state index >= 15 is 0 Å². The van der Waals surface area contributed by atoms with E-state index < -0.39 is 0 Å². The molecule has 0 radical (unpaired) electrons. The summed E-state index contributed by atoms with van der Waals surface area (Å²) < 4.78 is 1.03. The van der Waals surface area contributed by atoms with Crippen LogP contribution in [0.5, 0.6) is 0 Å². The third kappa shape index (κ3) is 4.43. The number of nitrogens with zero attached hydrogens (tertiary/aromatic N) is 1. The summed E-state index contributed by atoms with van der Waals surface area (Å²) in [6.07, 6.45) is 3.88. The molecule has 3 heteroatoms. The molecule has 0 spiro atoms. The maximum atomic E-state index is 5.94. The van der Waals surface area contributed by atoms with Gasteiger partial charge >= 0.3 is 0 Å². The summed E-state index contributed by atoms with van der Waals surface area (Å²) in [5, 5.41) is 0.250. The minimum Gasteiger partial charge on any atom is -0.260 e. The van der Waals surface area contributed by atoms with Crippen molar-refractivity contribution in [3.63, 3.8) is 0 Å². The molecule has 1 aromatic heterocycles. The summed E-state index contributed by atoms with van der Waals surface area (Å²) in [4.78, 5) is 4.34. The van der Waals surface area contributed by atoms with E-state index in [9.17, 15) is 0 Å². The van der Waals surface area contributed by atoms with Crippen molar-refractivity contribution in [1.82, 2.24) is 4.98 Å². The normalized spacial score (nSPS) is 15.1. The van der Waals surface area contributed by atoms with E-state index in [1.807, 2.05) is 19.2 Å². The molecular formula is C11H15BrClN. The molecule has 1 rings (SSSR count). The molecule has 0 saturated heterocycles. The van der Waals surface area contributed by atoms with Gasteiger partial charge in [-0.3, -0.25) is 4.98 Å². The lowest BCUT2D eigenvalue weighted by atomic mass is 10.00. The average molecular weight is 277 g/mol. The van der Waals surface area contributed by atoms with Gasteiger partial charge in [0.1, 0.15) is 0 Å². The van der Waals surface area contributed by atoms with Crippen LogP contribution in [0.2, 0.25) is 0 Å². The van der Waals surface area contributed by atoms with Crippen molar-refractivity contribution in [2.45, 2.75) is 32.1 Å². The average Bonchev–Trinajstić information content (AvgIpc) is 2.07. The zero-order valence-electron chi connectivity index (χ0n) is 8.50. The number of hydrogen-bond acceptors (Lipinski definition) is 1. The van der Waals surface area contributed by atoms with Crippen LogP contribution in [-0.4, -0.2) is 10.4 Å². The van der Waals surface area contributed by atoms with Crippen molar-refractivity contribution in [1.29, 1.82) is 0 Å². The lowest BCUT2D eigenvalue weighted by Crippen LogP contribution is -2.06. The van der Waals surface area contributed by atoms with Gasteiger partial charge in [0, 0.05) is 21.7 Å². The fourth-order valence-electron chi connectivity index (χ4n) is 1.52. The highest BCUT2D eigenvalue weighted by atomic mass is 79.9. The SMILES string of the molecule is CC(Cl)CC(C)Cc1ccc(Br)cn1. The molecule has 0 aliphatic heterocycles. The predicted octanol–water partition coefficient (Wildman–Crippen LogP) is 4.04. The zero-order chi connectivity index (χ0) is 10.6. The second kappa shape index (κ2) is 5.72. The van der Waals surface area contributed by atoms with Crippen LogP contribution in [0.4, 0.5) is 0 Å². The maximum Gasteiger partial charge on any atom is 0.0413 e. The first-order valence-electron chi connectivity index (χ1n) is 4.82. The van der Waals surface area contributed by atoms with Crippen LogP contribution in [-0.2, 0) is 6.42 Å². The van der Waals surface area contributed by atoms with E-state index in [2.05, 4.69) is 33.9 Å². The molecule has 0 aliphatic carbocycles. The summed E-state index contributed by atoms with van der Waals surface area (Å²) in [5.74, 6) is 0.594. The number of hydrogen-bond donors (Lipinski definition) is 0. The molecule has 1 heterocycles. The van der Waals surface area contributed by atoms with E-state index in [0.717, 1.165) is 23.0 Å². The monoisotopic (exact) mass is 275 g/mol. The summed E-state index contributed by atoms with van der Waals surface area (Å²) in [7, 11) is 0. The molecule has 1 nitrogen and oxygen atoms in total. The van der Waals surface area contributed by atoms with Gasteiger partial charge in [-0.1, -0.05) is 6.92 Å². The Kier molecular flexibility index (Phi) is 4.90. The van der Waals surface area contributed by atoms with Gasteiger partial charge in [0.25, 0.3) is 0 Å². The standard InChI is InChI=1S/C11H15BrClN/c1-8(5-9(2)13)6-11-4-3-10(12)7-14-11/h3-4,7-9H,5-6H2,1-2H3. The zero-order valence-corrected chi connectivity index (χ0v) is 10.8. The number of pyridine rings is 1. The highest BCUT2D eigenvalue weighted by molar-refractivity contribution is 9.10. The second-order valence-electron chi connectivity index (χ2n) is 3.79. The van der Waals surface area contributed by atoms with Gasteiger partial charge in [-0.25, -0.2) is 0 Å². The molecule has 0 amide bonds. The quantitative estimate of drug-likeness (QED) is 0.756. The van der Waals surface area contributed by atoms with E-state index in [1.54, 1.807) is 0 Å². The number of rotatable bonds is 4. The molecule has 2 atom stereocenters.